The molecule has 1 amide bonds. The van der Waals surface area contributed by atoms with E-state index in [-0.39, 0.29) is 29.5 Å². The summed E-state index contributed by atoms with van der Waals surface area (Å²) in [6.07, 6.45) is 3.72. The van der Waals surface area contributed by atoms with E-state index in [4.69, 9.17) is 0 Å². The number of methoxy groups -OCH3 is 1. The Bertz CT molecular complexity index is 839. The van der Waals surface area contributed by atoms with Crippen molar-refractivity contribution < 1.29 is 18.7 Å². The van der Waals surface area contributed by atoms with Crippen molar-refractivity contribution in [3.63, 3.8) is 0 Å². The highest BCUT2D eigenvalue weighted by atomic mass is 19.1. The van der Waals surface area contributed by atoms with Gasteiger partial charge in [0.1, 0.15) is 5.82 Å². The van der Waals surface area contributed by atoms with Gasteiger partial charge in [0.05, 0.1) is 25.4 Å². The molecule has 2 aromatic rings. The molecular formula is C20H26FN5O3. The van der Waals surface area contributed by atoms with Crippen molar-refractivity contribution in [3.8, 4) is 0 Å². The third kappa shape index (κ3) is 5.17. The Balaban J connectivity index is 1.59. The number of carbonyl (C=O) groups is 2. The first-order chi connectivity index (χ1) is 14.0. The molecule has 2 heterocycles. The average molecular weight is 403 g/mol. The maximum Gasteiger partial charge on any atom is 0.360 e. The van der Waals surface area contributed by atoms with Gasteiger partial charge in [-0.15, -0.1) is 5.10 Å². The fourth-order valence-corrected chi connectivity index (χ4v) is 3.63. The molecule has 1 N–H and O–H groups in total. The molecule has 1 aromatic heterocycles. The third-order valence-electron chi connectivity index (χ3n) is 5.10. The van der Waals surface area contributed by atoms with E-state index < -0.39 is 5.97 Å². The highest BCUT2D eigenvalue weighted by Crippen LogP contribution is 2.27. The van der Waals surface area contributed by atoms with Crippen LogP contribution in [0.3, 0.4) is 0 Å². The zero-order valence-corrected chi connectivity index (χ0v) is 16.7. The SMILES string of the molecule is CCCN1C[C@H](n2cc(C(=O)OC)nn2)C[C@H]1C(=O)NCCc1ccc(F)cc1. The normalized spacial score (nSPS) is 19.3. The quantitative estimate of drug-likeness (QED) is 0.674. The Morgan fingerprint density at radius 3 is 2.76 bits per heavy atom. The molecule has 29 heavy (non-hydrogen) atoms. The first-order valence-corrected chi connectivity index (χ1v) is 9.78. The molecule has 0 saturated carbocycles. The summed E-state index contributed by atoms with van der Waals surface area (Å²) >= 11 is 0. The van der Waals surface area contributed by atoms with Crippen LogP contribution in [0.2, 0.25) is 0 Å². The summed E-state index contributed by atoms with van der Waals surface area (Å²) in [7, 11) is 1.30. The number of nitrogens with zero attached hydrogens (tertiary/aromatic N) is 4. The second-order valence-corrected chi connectivity index (χ2v) is 7.14. The number of likely N-dealkylation sites (tertiary alicyclic amines) is 1. The van der Waals surface area contributed by atoms with Crippen LogP contribution < -0.4 is 5.32 Å². The number of aromatic nitrogens is 3. The molecule has 3 rings (SSSR count). The summed E-state index contributed by atoms with van der Waals surface area (Å²) in [6, 6.07) is 5.98. The van der Waals surface area contributed by atoms with Gasteiger partial charge in [-0.05, 0) is 43.5 Å². The molecule has 1 aliphatic rings. The topological polar surface area (TPSA) is 89.3 Å². The minimum Gasteiger partial charge on any atom is -0.464 e. The van der Waals surface area contributed by atoms with Crippen LogP contribution >= 0.6 is 0 Å². The van der Waals surface area contributed by atoms with E-state index in [1.807, 2.05) is 0 Å². The van der Waals surface area contributed by atoms with Crippen molar-refractivity contribution in [2.45, 2.75) is 38.3 Å². The van der Waals surface area contributed by atoms with Crippen LogP contribution in [0.1, 0.15) is 41.9 Å². The maximum absolute atomic E-state index is 13.0. The Labute approximate surface area is 169 Å². The van der Waals surface area contributed by atoms with Crippen LogP contribution in [0.4, 0.5) is 4.39 Å². The monoisotopic (exact) mass is 403 g/mol. The summed E-state index contributed by atoms with van der Waals surface area (Å²) in [4.78, 5) is 26.5. The predicted molar refractivity (Wildman–Crippen MR) is 104 cm³/mol. The molecule has 0 unspecified atom stereocenters. The number of nitrogens with one attached hydrogen (secondary N) is 1. The van der Waals surface area contributed by atoms with Crippen molar-refractivity contribution in [2.24, 2.45) is 0 Å². The fourth-order valence-electron chi connectivity index (χ4n) is 3.63. The molecule has 1 aliphatic heterocycles. The number of hydrogen-bond donors (Lipinski definition) is 1. The molecule has 2 atom stereocenters. The number of benzene rings is 1. The van der Waals surface area contributed by atoms with E-state index in [0.29, 0.717) is 25.9 Å². The van der Waals surface area contributed by atoms with Gasteiger partial charge in [0.25, 0.3) is 0 Å². The van der Waals surface area contributed by atoms with E-state index in [1.165, 1.54) is 19.2 Å². The van der Waals surface area contributed by atoms with E-state index in [2.05, 4.69) is 32.2 Å². The Hall–Kier alpha value is -2.81. The van der Waals surface area contributed by atoms with Crippen LogP contribution in [-0.2, 0) is 16.0 Å². The highest BCUT2D eigenvalue weighted by molar-refractivity contribution is 5.86. The molecular weight excluding hydrogens is 377 g/mol. The van der Waals surface area contributed by atoms with Crippen LogP contribution in [0.5, 0.6) is 0 Å². The fraction of sp³-hybridized carbons (Fsp3) is 0.500. The minimum atomic E-state index is -0.533. The van der Waals surface area contributed by atoms with Crippen molar-refractivity contribution in [1.29, 1.82) is 0 Å². The number of rotatable bonds is 8. The third-order valence-corrected chi connectivity index (χ3v) is 5.10. The molecule has 156 valence electrons. The van der Waals surface area contributed by atoms with Crippen LogP contribution in [-0.4, -0.2) is 64.6 Å². The molecule has 1 fully saturated rings. The predicted octanol–water partition coefficient (Wildman–Crippen LogP) is 1.59. The second kappa shape index (κ2) is 9.60. The van der Waals surface area contributed by atoms with E-state index in [1.54, 1.807) is 23.0 Å². The van der Waals surface area contributed by atoms with Crippen LogP contribution in [0.15, 0.2) is 30.5 Å². The molecule has 0 bridgehead atoms. The van der Waals surface area contributed by atoms with Gasteiger partial charge in [-0.1, -0.05) is 24.3 Å². The summed E-state index contributed by atoms with van der Waals surface area (Å²) < 4.78 is 19.3. The lowest BCUT2D eigenvalue weighted by atomic mass is 10.1. The van der Waals surface area contributed by atoms with Gasteiger partial charge < -0.3 is 10.1 Å². The number of halogens is 1. The summed E-state index contributed by atoms with van der Waals surface area (Å²) in [6.45, 7) is 4.02. The number of esters is 1. The van der Waals surface area contributed by atoms with E-state index in [0.717, 1.165) is 18.5 Å². The lowest BCUT2D eigenvalue weighted by molar-refractivity contribution is -0.125. The van der Waals surface area contributed by atoms with E-state index >= 15 is 0 Å². The number of hydrogen-bond acceptors (Lipinski definition) is 6. The standard InChI is InChI=1S/C20H26FN5O3/c1-3-10-25-12-16(26-13-17(23-24-26)20(28)29-2)11-18(25)19(27)22-9-8-14-4-6-15(21)7-5-14/h4-7,13,16,18H,3,8-12H2,1-2H3,(H,22,27)/t16-,18+/m1/s1. The van der Waals surface area contributed by atoms with Crippen LogP contribution in [0.25, 0.3) is 0 Å². The molecule has 0 aliphatic carbocycles. The molecule has 1 aromatic carbocycles. The molecule has 1 saturated heterocycles. The molecule has 8 nitrogen and oxygen atoms in total. The number of ether oxygens (including phenoxy) is 1. The van der Waals surface area contributed by atoms with Crippen molar-refractivity contribution in [3.05, 3.63) is 47.5 Å². The zero-order chi connectivity index (χ0) is 20.8. The van der Waals surface area contributed by atoms with Gasteiger partial charge in [-0.25, -0.2) is 13.9 Å². The molecule has 0 radical (unpaired) electrons. The van der Waals surface area contributed by atoms with Gasteiger partial charge in [0.2, 0.25) is 5.91 Å². The summed E-state index contributed by atoms with van der Waals surface area (Å²) in [5.41, 5.74) is 1.13. The van der Waals surface area contributed by atoms with Gasteiger partial charge in [-0.3, -0.25) is 9.69 Å². The Kier molecular flexibility index (Phi) is 6.92. The smallest absolute Gasteiger partial charge is 0.360 e. The summed E-state index contributed by atoms with van der Waals surface area (Å²) in [5.74, 6) is -0.834. The second-order valence-electron chi connectivity index (χ2n) is 7.14. The highest BCUT2D eigenvalue weighted by Gasteiger charge is 2.37. The number of carbonyl (C=O) groups excluding carboxylic acids is 2. The van der Waals surface area contributed by atoms with E-state index in [9.17, 15) is 14.0 Å². The Morgan fingerprint density at radius 2 is 2.07 bits per heavy atom. The van der Waals surface area contributed by atoms with Gasteiger partial charge >= 0.3 is 5.97 Å². The molecule has 0 spiro atoms. The Morgan fingerprint density at radius 1 is 1.31 bits per heavy atom. The minimum absolute atomic E-state index is 0.0311. The van der Waals surface area contributed by atoms with Gasteiger partial charge in [0.15, 0.2) is 5.69 Å². The lowest BCUT2D eigenvalue weighted by Gasteiger charge is -2.22. The van der Waals surface area contributed by atoms with Crippen molar-refractivity contribution in [2.75, 3.05) is 26.7 Å². The van der Waals surface area contributed by atoms with Crippen molar-refractivity contribution >= 4 is 11.9 Å². The first kappa shape index (κ1) is 20.9. The first-order valence-electron chi connectivity index (χ1n) is 9.78. The largest absolute Gasteiger partial charge is 0.464 e. The molecule has 9 heteroatoms. The average Bonchev–Trinajstić information content (AvgIpc) is 3.36. The summed E-state index contributed by atoms with van der Waals surface area (Å²) in [5, 5.41) is 10.9. The lowest BCUT2D eigenvalue weighted by Crippen LogP contribution is -2.44. The van der Waals surface area contributed by atoms with Crippen LogP contribution in [0, 0.1) is 5.82 Å². The van der Waals surface area contributed by atoms with Crippen molar-refractivity contribution in [1.82, 2.24) is 25.2 Å². The van der Waals surface area contributed by atoms with Gasteiger partial charge in [-0.2, -0.15) is 0 Å². The van der Waals surface area contributed by atoms with Gasteiger partial charge in [0, 0.05) is 13.1 Å². The zero-order valence-electron chi connectivity index (χ0n) is 16.7. The number of amides is 1. The maximum atomic E-state index is 13.0.